The molecule has 8 rings (SSSR count). The van der Waals surface area contributed by atoms with Crippen LogP contribution in [0.4, 0.5) is 0 Å². The molecule has 0 unspecified atom stereocenters. The summed E-state index contributed by atoms with van der Waals surface area (Å²) in [6.45, 7) is 3.21. The summed E-state index contributed by atoms with van der Waals surface area (Å²) in [7, 11) is 0. The number of benzene rings is 4. The molecule has 0 aliphatic carbocycles. The van der Waals surface area contributed by atoms with Gasteiger partial charge in [-0.25, -0.2) is 0 Å². The summed E-state index contributed by atoms with van der Waals surface area (Å²) >= 11 is 0. The quantitative estimate of drug-likeness (QED) is 0.132. The van der Waals surface area contributed by atoms with Crippen LogP contribution in [0, 0.1) is 18.5 Å². The molecule has 8 aromatic rings. The Hall–Kier alpha value is -4.31. The average Bonchev–Trinajstić information content (AvgIpc) is 3.73. The number of nitrogens with zero attached hydrogens (tertiary/aromatic N) is 4. The van der Waals surface area contributed by atoms with E-state index in [2.05, 4.69) is 105 Å². The van der Waals surface area contributed by atoms with Crippen LogP contribution in [0.3, 0.4) is 0 Å². The van der Waals surface area contributed by atoms with Crippen LogP contribution in [-0.2, 0) is 26.7 Å². The summed E-state index contributed by atoms with van der Waals surface area (Å²) < 4.78 is 6.63. The van der Waals surface area contributed by atoms with Crippen LogP contribution < -0.4 is 4.57 Å². The average molecular weight is 709 g/mol. The van der Waals surface area contributed by atoms with Crippen molar-refractivity contribution in [2.45, 2.75) is 26.3 Å². The van der Waals surface area contributed by atoms with E-state index < -0.39 is 0 Å². The molecule has 4 aromatic heterocycles. The van der Waals surface area contributed by atoms with Gasteiger partial charge in [0, 0.05) is 40.4 Å². The van der Waals surface area contributed by atoms with Crippen LogP contribution >= 0.6 is 0 Å². The SMILES string of the molecule is CCCC[n+]1[c-]n(-c2[c-]ccc3c4cccc5c6ccccc6n(c23)c54)cc1.[Ir+3].[c-]1ccccc1-c1ccccn1. The van der Waals surface area contributed by atoms with Gasteiger partial charge in [-0.15, -0.1) is 41.3 Å². The van der Waals surface area contributed by atoms with Gasteiger partial charge in [0.05, 0.1) is 6.54 Å². The van der Waals surface area contributed by atoms with E-state index >= 15 is 0 Å². The molecule has 0 saturated heterocycles. The van der Waals surface area contributed by atoms with Crippen molar-refractivity contribution in [3.63, 3.8) is 0 Å². The number of aromatic nitrogens is 4. The van der Waals surface area contributed by atoms with Gasteiger partial charge in [-0.2, -0.15) is 18.2 Å². The minimum absolute atomic E-state index is 0. The zero-order valence-corrected chi connectivity index (χ0v) is 25.1. The third kappa shape index (κ3) is 4.82. The Morgan fingerprint density at radius 2 is 1.54 bits per heavy atom. The van der Waals surface area contributed by atoms with Crippen molar-refractivity contribution >= 4 is 38.1 Å². The molecule has 0 fully saturated rings. The molecule has 0 N–H and O–H groups in total. The van der Waals surface area contributed by atoms with E-state index in [9.17, 15) is 0 Å². The normalized spacial score (nSPS) is 11.1. The number of fused-ring (bicyclic) bond motifs is 6. The van der Waals surface area contributed by atoms with Gasteiger partial charge in [0.2, 0.25) is 6.33 Å². The van der Waals surface area contributed by atoms with Gasteiger partial charge in [0.25, 0.3) is 0 Å². The van der Waals surface area contributed by atoms with Crippen LogP contribution in [0.15, 0.2) is 116 Å². The number of hydrogen-bond donors (Lipinski definition) is 0. The van der Waals surface area contributed by atoms with Gasteiger partial charge in [0.1, 0.15) is 0 Å². The Bertz CT molecular complexity index is 2000. The molecule has 0 amide bonds. The van der Waals surface area contributed by atoms with Crippen LogP contribution in [0.2, 0.25) is 0 Å². The predicted octanol–water partition coefficient (Wildman–Crippen LogP) is 7.86. The monoisotopic (exact) mass is 709 g/mol. The maximum absolute atomic E-state index is 4.22. The van der Waals surface area contributed by atoms with E-state index in [-0.39, 0.29) is 20.1 Å². The molecule has 0 radical (unpaired) electrons. The molecule has 0 spiro atoms. The molecule has 4 heterocycles. The van der Waals surface area contributed by atoms with Crippen molar-refractivity contribution in [1.82, 2.24) is 14.0 Å². The van der Waals surface area contributed by atoms with E-state index in [1.54, 1.807) is 6.20 Å². The fourth-order valence-corrected chi connectivity index (χ4v) is 5.58. The molecule has 0 aliphatic heterocycles. The smallest absolute Gasteiger partial charge is 0.369 e. The first kappa shape index (κ1) is 26.9. The first-order valence-electron chi connectivity index (χ1n) is 13.8. The van der Waals surface area contributed by atoms with E-state index in [4.69, 9.17) is 0 Å². The standard InChI is InChI=1S/C25H20N3.C11H8N.Ir/c1-2-3-14-26-15-16-27(17-26)23-13-7-11-21-20-10-6-9-19-18-8-4-5-12-22(18)28(24(19)20)25(21)23;1-2-6-10(7-3-1)11-8-4-5-9-12-11;/h4-12,15-16H,2-3,14H2,1H3;1-6,8-9H;/q2*-1;+3. The Balaban J connectivity index is 0.000000196. The zero-order valence-electron chi connectivity index (χ0n) is 22.7. The zero-order chi connectivity index (χ0) is 26.9. The first-order chi connectivity index (χ1) is 19.8. The largest absolute Gasteiger partial charge is 3.00 e. The Labute approximate surface area is 253 Å². The molecule has 0 saturated carbocycles. The van der Waals surface area contributed by atoms with Crippen molar-refractivity contribution in [2.24, 2.45) is 0 Å². The third-order valence-electron chi connectivity index (χ3n) is 7.43. The maximum Gasteiger partial charge on any atom is 3.00 e. The van der Waals surface area contributed by atoms with Crippen LogP contribution in [0.5, 0.6) is 0 Å². The number of imidazole rings is 1. The molecule has 0 atom stereocenters. The van der Waals surface area contributed by atoms with Crippen molar-refractivity contribution in [3.8, 4) is 16.9 Å². The minimum Gasteiger partial charge on any atom is -0.369 e. The van der Waals surface area contributed by atoms with Crippen molar-refractivity contribution in [2.75, 3.05) is 0 Å². The second kappa shape index (κ2) is 11.7. The van der Waals surface area contributed by atoms with Gasteiger partial charge in [-0.3, -0.25) is 0 Å². The van der Waals surface area contributed by atoms with Crippen LogP contribution in [0.1, 0.15) is 19.8 Å². The fraction of sp³-hybridized carbons (Fsp3) is 0.111. The third-order valence-corrected chi connectivity index (χ3v) is 7.43. The topological polar surface area (TPSA) is 26.1 Å². The van der Waals surface area contributed by atoms with Gasteiger partial charge in [0.15, 0.2) is 0 Å². The summed E-state index contributed by atoms with van der Waals surface area (Å²) in [6, 6.07) is 39.8. The van der Waals surface area contributed by atoms with E-state index in [0.29, 0.717) is 0 Å². The van der Waals surface area contributed by atoms with Crippen molar-refractivity contribution in [3.05, 3.63) is 134 Å². The molecular formula is C36H28IrN4+. The van der Waals surface area contributed by atoms with E-state index in [1.165, 1.54) is 44.5 Å². The molecule has 4 nitrogen and oxygen atoms in total. The number of rotatable bonds is 5. The molecule has 200 valence electrons. The molecule has 4 aromatic carbocycles. The number of para-hydroxylation sites is 2. The van der Waals surface area contributed by atoms with Crippen molar-refractivity contribution < 1.29 is 24.7 Å². The number of aryl methyl sites for hydroxylation is 1. The molecular weight excluding hydrogens is 681 g/mol. The fourth-order valence-electron chi connectivity index (χ4n) is 5.58. The van der Waals surface area contributed by atoms with Crippen LogP contribution in [-0.4, -0.2) is 14.0 Å². The van der Waals surface area contributed by atoms with Gasteiger partial charge in [-0.1, -0.05) is 67.4 Å². The number of unbranched alkanes of at least 4 members (excludes halogenated alkanes) is 1. The Kier molecular flexibility index (Phi) is 7.65. The maximum atomic E-state index is 4.22. The van der Waals surface area contributed by atoms with Crippen LogP contribution in [0.25, 0.3) is 55.0 Å². The first-order valence-corrected chi connectivity index (χ1v) is 13.8. The summed E-state index contributed by atoms with van der Waals surface area (Å²) in [5.41, 5.74) is 6.80. The van der Waals surface area contributed by atoms with Gasteiger partial charge < -0.3 is 18.5 Å². The summed E-state index contributed by atoms with van der Waals surface area (Å²) in [4.78, 5) is 4.22. The summed E-state index contributed by atoms with van der Waals surface area (Å²) in [6.07, 6.45) is 11.8. The minimum atomic E-state index is 0. The molecule has 5 heteroatoms. The summed E-state index contributed by atoms with van der Waals surface area (Å²) in [5.74, 6) is 0. The second-order valence-electron chi connectivity index (χ2n) is 9.95. The van der Waals surface area contributed by atoms with E-state index in [0.717, 1.165) is 29.9 Å². The predicted molar refractivity (Wildman–Crippen MR) is 162 cm³/mol. The number of pyridine rings is 1. The van der Waals surface area contributed by atoms with Crippen molar-refractivity contribution in [1.29, 1.82) is 0 Å². The second-order valence-corrected chi connectivity index (χ2v) is 9.95. The van der Waals surface area contributed by atoms with E-state index in [1.807, 2.05) is 48.5 Å². The van der Waals surface area contributed by atoms with Gasteiger partial charge >= 0.3 is 20.1 Å². The molecule has 0 bridgehead atoms. The molecule has 41 heavy (non-hydrogen) atoms. The summed E-state index contributed by atoms with van der Waals surface area (Å²) in [5, 5.41) is 5.17. The number of hydrogen-bond acceptors (Lipinski definition) is 1. The molecule has 0 aliphatic rings. The Morgan fingerprint density at radius 1 is 0.756 bits per heavy atom. The van der Waals surface area contributed by atoms with Gasteiger partial charge in [-0.05, 0) is 35.3 Å². The Morgan fingerprint density at radius 3 is 2.34 bits per heavy atom.